The second-order valence-electron chi connectivity index (χ2n) is 18.2. The van der Waals surface area contributed by atoms with Crippen molar-refractivity contribution in [2.24, 2.45) is 5.92 Å². The molecule has 1 atom stereocenters. The van der Waals surface area contributed by atoms with Crippen LogP contribution in [0.5, 0.6) is 0 Å². The number of hydrogen-bond acceptors (Lipinski definition) is 2. The molecule has 0 aliphatic heterocycles. The van der Waals surface area contributed by atoms with Crippen molar-refractivity contribution in [1.82, 2.24) is 4.57 Å². The van der Waals surface area contributed by atoms with E-state index in [1.54, 1.807) is 0 Å². The number of anilines is 6. The van der Waals surface area contributed by atoms with E-state index in [0.717, 1.165) is 57.4 Å². The predicted octanol–water partition coefficient (Wildman–Crippen LogP) is 18.7. The minimum Gasteiger partial charge on any atom is -0.311 e. The van der Waals surface area contributed by atoms with E-state index in [4.69, 9.17) is 0 Å². The van der Waals surface area contributed by atoms with Gasteiger partial charge in [0.25, 0.3) is 0 Å². The van der Waals surface area contributed by atoms with Crippen molar-refractivity contribution in [3.8, 4) is 39.1 Å². The van der Waals surface area contributed by atoms with Gasteiger partial charge in [-0.05, 0) is 148 Å². The molecule has 334 valence electrons. The standard InChI is InChI=1S/C67H51N3/c1-48-15-11-12-22-63(48)55-33-43-59(44-34-55)68(57-35-25-51(26-36-57)49-16-5-2-6-17-49)58-37-29-53(30-38-58)54-31-41-61(42-32-54)69(60-39-27-52(28-40-60)50-18-7-3-8-19-50)62-45-46-65-64-23-13-14-24-66(64)70(67(65)47-62)56-20-9-4-10-21-56/h2-14,16-48H,15H2,1H3. The topological polar surface area (TPSA) is 11.4 Å². The van der Waals surface area contributed by atoms with Crippen molar-refractivity contribution in [3.63, 3.8) is 0 Å². The maximum absolute atomic E-state index is 2.39. The summed E-state index contributed by atoms with van der Waals surface area (Å²) in [5, 5.41) is 2.47. The van der Waals surface area contributed by atoms with Crippen LogP contribution < -0.4 is 9.80 Å². The lowest BCUT2D eigenvalue weighted by Crippen LogP contribution is -2.10. The van der Waals surface area contributed by atoms with Crippen LogP contribution in [0.2, 0.25) is 0 Å². The lowest BCUT2D eigenvalue weighted by atomic mass is 9.88. The molecule has 12 rings (SSSR count). The second-order valence-corrected chi connectivity index (χ2v) is 18.2. The van der Waals surface area contributed by atoms with Crippen LogP contribution >= 0.6 is 0 Å². The van der Waals surface area contributed by atoms with Crippen LogP contribution in [0, 0.1) is 5.92 Å². The first-order chi connectivity index (χ1) is 34.6. The Morgan fingerprint density at radius 1 is 0.343 bits per heavy atom. The molecule has 1 unspecified atom stereocenters. The van der Waals surface area contributed by atoms with E-state index < -0.39 is 0 Å². The maximum Gasteiger partial charge on any atom is 0.0561 e. The highest BCUT2D eigenvalue weighted by Crippen LogP contribution is 2.42. The zero-order valence-corrected chi connectivity index (χ0v) is 39.1. The third-order valence-electron chi connectivity index (χ3n) is 13.9. The Bertz CT molecular complexity index is 3630. The van der Waals surface area contributed by atoms with E-state index in [1.165, 1.54) is 55.2 Å². The third kappa shape index (κ3) is 8.18. The van der Waals surface area contributed by atoms with Gasteiger partial charge >= 0.3 is 0 Å². The summed E-state index contributed by atoms with van der Waals surface area (Å²) in [5.41, 5.74) is 19.8. The Morgan fingerprint density at radius 2 is 0.714 bits per heavy atom. The number of allylic oxidation sites excluding steroid dienone is 4. The van der Waals surface area contributed by atoms with Crippen LogP contribution in [-0.2, 0) is 0 Å². The average molecular weight is 898 g/mol. The molecule has 1 aliphatic carbocycles. The summed E-state index contributed by atoms with van der Waals surface area (Å²) in [7, 11) is 0. The fraction of sp³-hybridized carbons (Fsp3) is 0.0448. The monoisotopic (exact) mass is 897 g/mol. The van der Waals surface area contributed by atoms with Crippen molar-refractivity contribution < 1.29 is 0 Å². The second kappa shape index (κ2) is 18.6. The van der Waals surface area contributed by atoms with Crippen LogP contribution in [0.15, 0.2) is 273 Å². The highest BCUT2D eigenvalue weighted by atomic mass is 15.1. The minimum absolute atomic E-state index is 0.497. The van der Waals surface area contributed by atoms with Gasteiger partial charge in [0.2, 0.25) is 0 Å². The summed E-state index contributed by atoms with van der Waals surface area (Å²) in [6.07, 6.45) is 7.78. The molecule has 10 aromatic carbocycles. The lowest BCUT2D eigenvalue weighted by molar-refractivity contribution is 0.758. The SMILES string of the molecule is CC1CC=CC=C1c1ccc(N(c2ccc(-c3ccccc3)cc2)c2ccc(-c3ccc(N(c4ccc(-c5ccccc5)cc4)c4ccc5c6ccccc6n(-c6ccccc6)c5c4)cc3)cc2)cc1. The summed E-state index contributed by atoms with van der Waals surface area (Å²) in [6.45, 7) is 2.31. The first-order valence-electron chi connectivity index (χ1n) is 24.3. The summed E-state index contributed by atoms with van der Waals surface area (Å²) in [5.74, 6) is 0.497. The number of rotatable bonds is 11. The Hall–Kier alpha value is -8.92. The van der Waals surface area contributed by atoms with Crippen LogP contribution in [0.3, 0.4) is 0 Å². The van der Waals surface area contributed by atoms with Gasteiger partial charge in [0.15, 0.2) is 0 Å². The van der Waals surface area contributed by atoms with Gasteiger partial charge in [-0.25, -0.2) is 0 Å². The molecule has 0 amide bonds. The molecule has 0 saturated carbocycles. The van der Waals surface area contributed by atoms with E-state index in [-0.39, 0.29) is 0 Å². The van der Waals surface area contributed by atoms with Crippen molar-refractivity contribution >= 4 is 61.5 Å². The fourth-order valence-corrected chi connectivity index (χ4v) is 10.3. The molecule has 1 heterocycles. The smallest absolute Gasteiger partial charge is 0.0561 e. The maximum atomic E-state index is 2.39. The van der Waals surface area contributed by atoms with E-state index in [9.17, 15) is 0 Å². The summed E-state index contributed by atoms with van der Waals surface area (Å²) < 4.78 is 2.39. The molecular formula is C67H51N3. The largest absolute Gasteiger partial charge is 0.311 e. The molecule has 0 bridgehead atoms. The molecule has 0 spiro atoms. The number of hydrogen-bond donors (Lipinski definition) is 0. The molecule has 3 nitrogen and oxygen atoms in total. The van der Waals surface area contributed by atoms with Crippen LogP contribution in [-0.4, -0.2) is 4.57 Å². The van der Waals surface area contributed by atoms with Gasteiger partial charge in [-0.3, -0.25) is 0 Å². The molecule has 0 fully saturated rings. The van der Waals surface area contributed by atoms with E-state index in [2.05, 4.69) is 294 Å². The van der Waals surface area contributed by atoms with Crippen LogP contribution in [0.4, 0.5) is 34.1 Å². The van der Waals surface area contributed by atoms with Gasteiger partial charge in [0.05, 0.1) is 11.0 Å². The van der Waals surface area contributed by atoms with Gasteiger partial charge in [0.1, 0.15) is 0 Å². The minimum atomic E-state index is 0.497. The van der Waals surface area contributed by atoms with Crippen LogP contribution in [0.25, 0.3) is 66.4 Å². The van der Waals surface area contributed by atoms with Crippen molar-refractivity contribution in [2.45, 2.75) is 13.3 Å². The summed E-state index contributed by atoms with van der Waals surface area (Å²) in [6, 6.07) is 92.5. The van der Waals surface area contributed by atoms with Gasteiger partial charge in [-0.2, -0.15) is 0 Å². The molecule has 1 aliphatic rings. The van der Waals surface area contributed by atoms with E-state index in [1.807, 2.05) is 0 Å². The molecule has 70 heavy (non-hydrogen) atoms. The fourth-order valence-electron chi connectivity index (χ4n) is 10.3. The van der Waals surface area contributed by atoms with Gasteiger partial charge < -0.3 is 14.4 Å². The predicted molar refractivity (Wildman–Crippen MR) is 297 cm³/mol. The number of aromatic nitrogens is 1. The number of fused-ring (bicyclic) bond motifs is 3. The average Bonchev–Trinajstić information content (AvgIpc) is 3.77. The highest BCUT2D eigenvalue weighted by molar-refractivity contribution is 6.10. The zero-order chi connectivity index (χ0) is 46.8. The Balaban J connectivity index is 0.902. The summed E-state index contributed by atoms with van der Waals surface area (Å²) >= 11 is 0. The molecule has 1 aromatic heterocycles. The number of nitrogens with zero attached hydrogens (tertiary/aromatic N) is 3. The van der Waals surface area contributed by atoms with Gasteiger partial charge in [-0.15, -0.1) is 0 Å². The molecule has 0 N–H and O–H groups in total. The first-order valence-corrected chi connectivity index (χ1v) is 24.3. The Labute approximate surface area is 410 Å². The Morgan fingerprint density at radius 3 is 1.19 bits per heavy atom. The third-order valence-corrected chi connectivity index (χ3v) is 13.9. The quantitative estimate of drug-likeness (QED) is 0.128. The molecular weight excluding hydrogens is 847 g/mol. The summed E-state index contributed by atoms with van der Waals surface area (Å²) in [4.78, 5) is 4.74. The highest BCUT2D eigenvalue weighted by Gasteiger charge is 2.20. The molecule has 0 saturated heterocycles. The molecule has 3 heteroatoms. The lowest BCUT2D eigenvalue weighted by Gasteiger charge is -2.27. The van der Waals surface area contributed by atoms with Crippen molar-refractivity contribution in [1.29, 1.82) is 0 Å². The Kier molecular flexibility index (Phi) is 11.3. The normalized spacial score (nSPS) is 13.3. The van der Waals surface area contributed by atoms with E-state index >= 15 is 0 Å². The van der Waals surface area contributed by atoms with Crippen molar-refractivity contribution in [3.05, 3.63) is 279 Å². The van der Waals surface area contributed by atoms with Crippen LogP contribution in [0.1, 0.15) is 18.9 Å². The van der Waals surface area contributed by atoms with Gasteiger partial charge in [0, 0.05) is 50.6 Å². The molecule has 11 aromatic rings. The van der Waals surface area contributed by atoms with Crippen molar-refractivity contribution in [2.75, 3.05) is 9.80 Å². The number of benzene rings is 10. The zero-order valence-electron chi connectivity index (χ0n) is 39.1. The first kappa shape index (κ1) is 42.4. The number of para-hydroxylation sites is 2. The van der Waals surface area contributed by atoms with E-state index in [0.29, 0.717) is 5.92 Å². The molecule has 0 radical (unpaired) electrons. The van der Waals surface area contributed by atoms with Gasteiger partial charge in [-0.1, -0.05) is 189 Å².